The van der Waals surface area contributed by atoms with Crippen LogP contribution in [-0.4, -0.2) is 73.7 Å². The lowest BCUT2D eigenvalue weighted by atomic mass is 9.63. The first-order valence-electron chi connectivity index (χ1n) is 8.60. The third kappa shape index (κ3) is 4.04. The van der Waals surface area contributed by atoms with Gasteiger partial charge in [0.05, 0.1) is 19.3 Å². The molecule has 0 unspecified atom stereocenters. The van der Waals surface area contributed by atoms with Crippen LogP contribution < -0.4 is 0 Å². The molecule has 2 amide bonds. The third-order valence-electron chi connectivity index (χ3n) is 5.27. The average molecular weight is 326 g/mol. The summed E-state index contributed by atoms with van der Waals surface area (Å²) in [5.41, 5.74) is -0.0331. The lowest BCUT2D eigenvalue weighted by Gasteiger charge is -2.54. The molecule has 2 atom stereocenters. The highest BCUT2D eigenvalue weighted by molar-refractivity contribution is 5.84. The van der Waals surface area contributed by atoms with Crippen molar-refractivity contribution in [2.24, 2.45) is 5.41 Å². The van der Waals surface area contributed by atoms with E-state index in [9.17, 15) is 9.59 Å². The zero-order valence-electron chi connectivity index (χ0n) is 14.8. The number of hydrogen-bond donors (Lipinski definition) is 0. The predicted octanol–water partition coefficient (Wildman–Crippen LogP) is 1.29. The SMILES string of the molecule is CCO[C@@H]1C[C@H](N(C)C(=O)CCC(=O)N2CCOCC2)C1(C)C. The summed E-state index contributed by atoms with van der Waals surface area (Å²) in [6.45, 7) is 9.43. The van der Waals surface area contributed by atoms with E-state index in [1.807, 2.05) is 18.9 Å². The van der Waals surface area contributed by atoms with Crippen LogP contribution in [0.25, 0.3) is 0 Å². The van der Waals surface area contributed by atoms with E-state index >= 15 is 0 Å². The van der Waals surface area contributed by atoms with Crippen LogP contribution in [-0.2, 0) is 19.1 Å². The number of rotatable bonds is 6. The molecule has 0 radical (unpaired) electrons. The van der Waals surface area contributed by atoms with Gasteiger partial charge in [-0.15, -0.1) is 0 Å². The predicted molar refractivity (Wildman–Crippen MR) is 87.0 cm³/mol. The topological polar surface area (TPSA) is 59.1 Å². The molecular formula is C17H30N2O4. The van der Waals surface area contributed by atoms with E-state index in [1.54, 1.807) is 4.90 Å². The van der Waals surface area contributed by atoms with Crippen LogP contribution in [0.3, 0.4) is 0 Å². The zero-order valence-corrected chi connectivity index (χ0v) is 14.8. The van der Waals surface area contributed by atoms with E-state index in [2.05, 4.69) is 13.8 Å². The minimum atomic E-state index is -0.0331. The lowest BCUT2D eigenvalue weighted by molar-refractivity contribution is -0.164. The maximum atomic E-state index is 12.4. The Bertz CT molecular complexity index is 432. The van der Waals surface area contributed by atoms with Gasteiger partial charge in [0.1, 0.15) is 0 Å². The van der Waals surface area contributed by atoms with Gasteiger partial charge >= 0.3 is 0 Å². The second-order valence-corrected chi connectivity index (χ2v) is 7.01. The Morgan fingerprint density at radius 3 is 2.48 bits per heavy atom. The Morgan fingerprint density at radius 2 is 1.91 bits per heavy atom. The molecule has 1 saturated heterocycles. The van der Waals surface area contributed by atoms with Gasteiger partial charge in [0, 0.05) is 51.0 Å². The maximum absolute atomic E-state index is 12.4. The molecule has 1 saturated carbocycles. The minimum absolute atomic E-state index is 0.0331. The first-order valence-corrected chi connectivity index (χ1v) is 8.60. The largest absolute Gasteiger partial charge is 0.378 e. The van der Waals surface area contributed by atoms with Crippen molar-refractivity contribution in [3.05, 3.63) is 0 Å². The van der Waals surface area contributed by atoms with Crippen molar-refractivity contribution in [1.82, 2.24) is 9.80 Å². The number of carbonyl (C=O) groups is 2. The quantitative estimate of drug-likeness (QED) is 0.738. The van der Waals surface area contributed by atoms with Gasteiger partial charge in [0.2, 0.25) is 11.8 Å². The average Bonchev–Trinajstić information content (AvgIpc) is 2.56. The number of morpholine rings is 1. The molecular weight excluding hydrogens is 296 g/mol. The summed E-state index contributed by atoms with van der Waals surface area (Å²) >= 11 is 0. The standard InChI is InChI=1S/C17H30N2O4/c1-5-23-14-12-13(17(14,2)3)18(4)15(20)6-7-16(21)19-8-10-22-11-9-19/h13-14H,5-12H2,1-4H3/t13-,14+/m0/s1. The Kier molecular flexibility index (Phi) is 6.03. The molecule has 2 fully saturated rings. The number of nitrogens with zero attached hydrogens (tertiary/aromatic N) is 2. The molecule has 1 aliphatic carbocycles. The molecule has 132 valence electrons. The highest BCUT2D eigenvalue weighted by Crippen LogP contribution is 2.45. The van der Waals surface area contributed by atoms with Crippen LogP contribution >= 0.6 is 0 Å². The second kappa shape index (κ2) is 7.62. The van der Waals surface area contributed by atoms with Gasteiger partial charge in [-0.25, -0.2) is 0 Å². The van der Waals surface area contributed by atoms with E-state index in [-0.39, 0.29) is 42.2 Å². The van der Waals surface area contributed by atoms with Crippen molar-refractivity contribution in [3.63, 3.8) is 0 Å². The molecule has 0 aromatic carbocycles. The third-order valence-corrected chi connectivity index (χ3v) is 5.27. The zero-order chi connectivity index (χ0) is 17.0. The van der Waals surface area contributed by atoms with Gasteiger partial charge < -0.3 is 19.3 Å². The number of amides is 2. The molecule has 23 heavy (non-hydrogen) atoms. The summed E-state index contributed by atoms with van der Waals surface area (Å²) < 4.78 is 11.0. The Hall–Kier alpha value is -1.14. The molecule has 6 heteroatoms. The van der Waals surface area contributed by atoms with Crippen LogP contribution in [0.5, 0.6) is 0 Å². The van der Waals surface area contributed by atoms with Crippen LogP contribution in [0.4, 0.5) is 0 Å². The van der Waals surface area contributed by atoms with Gasteiger partial charge in [0.25, 0.3) is 0 Å². The van der Waals surface area contributed by atoms with Gasteiger partial charge in [-0.3, -0.25) is 9.59 Å². The summed E-state index contributed by atoms with van der Waals surface area (Å²) in [6, 6.07) is 0.185. The van der Waals surface area contributed by atoms with Crippen LogP contribution in [0.2, 0.25) is 0 Å². The van der Waals surface area contributed by atoms with Gasteiger partial charge in [-0.2, -0.15) is 0 Å². The van der Waals surface area contributed by atoms with Crippen molar-refractivity contribution < 1.29 is 19.1 Å². The van der Waals surface area contributed by atoms with Gasteiger partial charge in [0.15, 0.2) is 0 Å². The molecule has 1 heterocycles. The molecule has 0 N–H and O–H groups in total. The first-order chi connectivity index (χ1) is 10.9. The molecule has 6 nitrogen and oxygen atoms in total. The van der Waals surface area contributed by atoms with Crippen LogP contribution in [0.1, 0.15) is 40.0 Å². The van der Waals surface area contributed by atoms with E-state index in [0.717, 1.165) is 6.42 Å². The van der Waals surface area contributed by atoms with Crippen molar-refractivity contribution >= 4 is 11.8 Å². The van der Waals surface area contributed by atoms with E-state index < -0.39 is 0 Å². The minimum Gasteiger partial charge on any atom is -0.378 e. The van der Waals surface area contributed by atoms with E-state index in [4.69, 9.17) is 9.47 Å². The van der Waals surface area contributed by atoms with E-state index in [0.29, 0.717) is 32.9 Å². The highest BCUT2D eigenvalue weighted by Gasteiger charge is 2.51. The number of hydrogen-bond acceptors (Lipinski definition) is 4. The van der Waals surface area contributed by atoms with Crippen LogP contribution in [0.15, 0.2) is 0 Å². The summed E-state index contributed by atoms with van der Waals surface area (Å²) in [6.07, 6.45) is 1.65. The van der Waals surface area contributed by atoms with Crippen LogP contribution in [0, 0.1) is 5.41 Å². The Labute approximate surface area is 139 Å². The first kappa shape index (κ1) is 18.2. The molecule has 2 aliphatic rings. The monoisotopic (exact) mass is 326 g/mol. The number of carbonyl (C=O) groups excluding carboxylic acids is 2. The fourth-order valence-corrected chi connectivity index (χ4v) is 3.54. The van der Waals surface area contributed by atoms with Crippen molar-refractivity contribution in [3.8, 4) is 0 Å². The van der Waals surface area contributed by atoms with Crippen molar-refractivity contribution in [2.75, 3.05) is 40.0 Å². The van der Waals surface area contributed by atoms with E-state index in [1.165, 1.54) is 0 Å². The molecule has 0 aromatic rings. The fourth-order valence-electron chi connectivity index (χ4n) is 3.54. The smallest absolute Gasteiger partial charge is 0.223 e. The highest BCUT2D eigenvalue weighted by atomic mass is 16.5. The Morgan fingerprint density at radius 1 is 1.26 bits per heavy atom. The summed E-state index contributed by atoms with van der Waals surface area (Å²) in [7, 11) is 1.84. The Balaban J connectivity index is 1.78. The van der Waals surface area contributed by atoms with Gasteiger partial charge in [-0.1, -0.05) is 13.8 Å². The molecule has 0 aromatic heterocycles. The lowest BCUT2D eigenvalue weighted by Crippen LogP contribution is -2.62. The second-order valence-electron chi connectivity index (χ2n) is 7.01. The molecule has 2 rings (SSSR count). The summed E-state index contributed by atoms with van der Waals surface area (Å²) in [5, 5.41) is 0. The fraction of sp³-hybridized carbons (Fsp3) is 0.882. The molecule has 1 aliphatic heterocycles. The van der Waals surface area contributed by atoms with Gasteiger partial charge in [-0.05, 0) is 13.3 Å². The van der Waals surface area contributed by atoms with Crippen molar-refractivity contribution in [2.45, 2.75) is 52.2 Å². The summed E-state index contributed by atoms with van der Waals surface area (Å²) in [5.74, 6) is 0.0924. The van der Waals surface area contributed by atoms with Crippen molar-refractivity contribution in [1.29, 1.82) is 0 Å². The normalized spacial score (nSPS) is 26.5. The summed E-state index contributed by atoms with van der Waals surface area (Å²) in [4.78, 5) is 28.1. The number of ether oxygens (including phenoxy) is 2. The maximum Gasteiger partial charge on any atom is 0.223 e. The molecule has 0 spiro atoms. The molecule has 0 bridgehead atoms.